The summed E-state index contributed by atoms with van der Waals surface area (Å²) in [5.74, 6) is 1.27. The molecule has 0 saturated heterocycles. The van der Waals surface area contributed by atoms with E-state index in [1.807, 2.05) is 18.2 Å². The second-order valence-electron chi connectivity index (χ2n) is 4.20. The summed E-state index contributed by atoms with van der Waals surface area (Å²) in [6, 6.07) is 7.43. The fourth-order valence-corrected chi connectivity index (χ4v) is 1.66. The maximum Gasteiger partial charge on any atom is 0.160 e. The van der Waals surface area contributed by atoms with Crippen molar-refractivity contribution in [2.75, 3.05) is 14.2 Å². The van der Waals surface area contributed by atoms with Gasteiger partial charge in [-0.1, -0.05) is 6.07 Å². The number of nitrogens with zero attached hydrogens (tertiary/aromatic N) is 1. The highest BCUT2D eigenvalue weighted by molar-refractivity contribution is 5.43. The van der Waals surface area contributed by atoms with Gasteiger partial charge >= 0.3 is 0 Å². The van der Waals surface area contributed by atoms with Gasteiger partial charge in [-0.3, -0.25) is 0 Å². The highest BCUT2D eigenvalue weighted by atomic mass is 16.5. The van der Waals surface area contributed by atoms with Crippen LogP contribution in [0, 0.1) is 11.3 Å². The molecule has 0 amide bonds. The average Bonchev–Trinajstić information content (AvgIpc) is 2.28. The Balaban J connectivity index is 2.90. The van der Waals surface area contributed by atoms with E-state index in [2.05, 4.69) is 0 Å². The molecule has 1 aromatic carbocycles. The van der Waals surface area contributed by atoms with Gasteiger partial charge in [-0.15, -0.1) is 0 Å². The van der Waals surface area contributed by atoms with Crippen LogP contribution in [0.25, 0.3) is 0 Å². The Bertz CT molecular complexity index is 421. The van der Waals surface area contributed by atoms with Crippen molar-refractivity contribution < 1.29 is 14.6 Å². The fourth-order valence-electron chi connectivity index (χ4n) is 1.66. The van der Waals surface area contributed by atoms with Crippen LogP contribution in [0.1, 0.15) is 18.9 Å². The lowest BCUT2D eigenvalue weighted by Crippen LogP contribution is -2.26. The second-order valence-corrected chi connectivity index (χ2v) is 4.20. The number of nitriles is 1. The minimum absolute atomic E-state index is 0.0986. The van der Waals surface area contributed by atoms with E-state index in [0.29, 0.717) is 17.9 Å². The molecular formula is C13H17NO3. The van der Waals surface area contributed by atoms with Gasteiger partial charge in [0.05, 0.1) is 32.3 Å². The Morgan fingerprint density at radius 1 is 1.29 bits per heavy atom. The van der Waals surface area contributed by atoms with Gasteiger partial charge in [0.25, 0.3) is 0 Å². The summed E-state index contributed by atoms with van der Waals surface area (Å²) in [5.41, 5.74) is -0.114. The number of aliphatic hydroxyl groups is 1. The Labute approximate surface area is 101 Å². The molecule has 0 spiro atoms. The normalized spacial score (nSPS) is 13.6. The molecule has 4 heteroatoms. The summed E-state index contributed by atoms with van der Waals surface area (Å²) in [5, 5.41) is 18.6. The van der Waals surface area contributed by atoms with E-state index in [9.17, 15) is 5.11 Å². The molecule has 1 aromatic rings. The van der Waals surface area contributed by atoms with E-state index < -0.39 is 5.60 Å². The molecule has 1 N–H and O–H groups in total. The summed E-state index contributed by atoms with van der Waals surface area (Å²) in [6.07, 6.45) is 0.502. The first-order valence-electron chi connectivity index (χ1n) is 5.32. The smallest absolute Gasteiger partial charge is 0.160 e. The second kappa shape index (κ2) is 5.55. The third-order valence-corrected chi connectivity index (χ3v) is 2.49. The number of ether oxygens (including phenoxy) is 2. The van der Waals surface area contributed by atoms with Crippen molar-refractivity contribution in [1.82, 2.24) is 0 Å². The minimum atomic E-state index is -1.02. The lowest BCUT2D eigenvalue weighted by molar-refractivity contribution is 0.0654. The zero-order valence-corrected chi connectivity index (χ0v) is 10.4. The van der Waals surface area contributed by atoms with E-state index >= 15 is 0 Å². The highest BCUT2D eigenvalue weighted by Crippen LogP contribution is 2.29. The number of hydrogen-bond donors (Lipinski definition) is 1. The molecule has 0 aliphatic carbocycles. The van der Waals surface area contributed by atoms with E-state index in [0.717, 1.165) is 5.56 Å². The maximum atomic E-state index is 9.96. The lowest BCUT2D eigenvalue weighted by Gasteiger charge is -2.20. The highest BCUT2D eigenvalue weighted by Gasteiger charge is 2.21. The van der Waals surface area contributed by atoms with Crippen LogP contribution in [0.3, 0.4) is 0 Å². The van der Waals surface area contributed by atoms with Crippen LogP contribution < -0.4 is 9.47 Å². The summed E-state index contributed by atoms with van der Waals surface area (Å²) < 4.78 is 10.3. The summed E-state index contributed by atoms with van der Waals surface area (Å²) in [7, 11) is 3.14. The van der Waals surface area contributed by atoms with Gasteiger partial charge in [0.2, 0.25) is 0 Å². The van der Waals surface area contributed by atoms with Crippen LogP contribution in [0.4, 0.5) is 0 Å². The largest absolute Gasteiger partial charge is 0.493 e. The van der Waals surface area contributed by atoms with Gasteiger partial charge in [-0.25, -0.2) is 0 Å². The molecule has 0 aliphatic rings. The van der Waals surface area contributed by atoms with Gasteiger partial charge in [0.1, 0.15) is 0 Å². The monoisotopic (exact) mass is 235 g/mol. The first-order chi connectivity index (χ1) is 8.02. The summed E-state index contributed by atoms with van der Waals surface area (Å²) >= 11 is 0. The third-order valence-electron chi connectivity index (χ3n) is 2.49. The molecule has 1 rings (SSSR count). The van der Waals surface area contributed by atoms with Gasteiger partial charge < -0.3 is 14.6 Å². The van der Waals surface area contributed by atoms with Crippen LogP contribution in [-0.2, 0) is 6.42 Å². The Kier molecular flexibility index (Phi) is 4.36. The van der Waals surface area contributed by atoms with E-state index in [1.165, 1.54) is 0 Å². The van der Waals surface area contributed by atoms with Crippen molar-refractivity contribution >= 4 is 0 Å². The van der Waals surface area contributed by atoms with Gasteiger partial charge in [0, 0.05) is 6.42 Å². The number of methoxy groups -OCH3 is 2. The van der Waals surface area contributed by atoms with Gasteiger partial charge in [-0.2, -0.15) is 5.26 Å². The summed E-state index contributed by atoms with van der Waals surface area (Å²) in [6.45, 7) is 1.65. The average molecular weight is 235 g/mol. The third kappa shape index (κ3) is 3.65. The molecule has 0 fully saturated rings. The standard InChI is InChI=1S/C13H17NO3/c1-13(15,6-7-14)9-10-4-5-11(16-2)12(8-10)17-3/h4-5,8,15H,6,9H2,1-3H3. The topological polar surface area (TPSA) is 62.5 Å². The molecule has 0 bridgehead atoms. The zero-order chi connectivity index (χ0) is 12.9. The molecule has 0 saturated carbocycles. The van der Waals surface area contributed by atoms with Crippen LogP contribution in [0.2, 0.25) is 0 Å². The molecule has 0 aliphatic heterocycles. The molecule has 17 heavy (non-hydrogen) atoms. The lowest BCUT2D eigenvalue weighted by atomic mass is 9.94. The van der Waals surface area contributed by atoms with E-state index in [-0.39, 0.29) is 6.42 Å². The van der Waals surface area contributed by atoms with Crippen molar-refractivity contribution in [2.24, 2.45) is 0 Å². The van der Waals surface area contributed by atoms with Crippen LogP contribution in [-0.4, -0.2) is 24.9 Å². The van der Waals surface area contributed by atoms with Gasteiger partial charge in [-0.05, 0) is 24.6 Å². The van der Waals surface area contributed by atoms with Crippen molar-refractivity contribution in [2.45, 2.75) is 25.4 Å². The molecule has 0 aromatic heterocycles. The first kappa shape index (κ1) is 13.3. The fraction of sp³-hybridized carbons (Fsp3) is 0.462. The predicted octanol–water partition coefficient (Wildman–Crippen LogP) is 1.91. The van der Waals surface area contributed by atoms with Crippen molar-refractivity contribution in [3.05, 3.63) is 23.8 Å². The molecule has 1 atom stereocenters. The maximum absolute atomic E-state index is 9.96. The van der Waals surface area contributed by atoms with Crippen LogP contribution in [0.15, 0.2) is 18.2 Å². The van der Waals surface area contributed by atoms with Crippen molar-refractivity contribution in [1.29, 1.82) is 5.26 Å². The Hall–Kier alpha value is -1.73. The number of rotatable bonds is 5. The van der Waals surface area contributed by atoms with Crippen LogP contribution in [0.5, 0.6) is 11.5 Å². The summed E-state index contributed by atoms with van der Waals surface area (Å²) in [4.78, 5) is 0. The quantitative estimate of drug-likeness (QED) is 0.846. The molecule has 1 unspecified atom stereocenters. The van der Waals surface area contributed by atoms with Crippen molar-refractivity contribution in [3.8, 4) is 17.6 Å². The van der Waals surface area contributed by atoms with Crippen LogP contribution >= 0.6 is 0 Å². The predicted molar refractivity (Wildman–Crippen MR) is 64.1 cm³/mol. The number of hydrogen-bond acceptors (Lipinski definition) is 4. The Morgan fingerprint density at radius 2 is 1.94 bits per heavy atom. The Morgan fingerprint density at radius 3 is 2.47 bits per heavy atom. The van der Waals surface area contributed by atoms with E-state index in [4.69, 9.17) is 14.7 Å². The molecule has 0 radical (unpaired) electrons. The SMILES string of the molecule is COc1ccc(CC(C)(O)CC#N)cc1OC. The molecule has 92 valence electrons. The van der Waals surface area contributed by atoms with Gasteiger partial charge in [0.15, 0.2) is 11.5 Å². The minimum Gasteiger partial charge on any atom is -0.493 e. The molecular weight excluding hydrogens is 218 g/mol. The molecule has 4 nitrogen and oxygen atoms in total. The zero-order valence-electron chi connectivity index (χ0n) is 10.4. The first-order valence-corrected chi connectivity index (χ1v) is 5.32. The van der Waals surface area contributed by atoms with Crippen molar-refractivity contribution in [3.63, 3.8) is 0 Å². The van der Waals surface area contributed by atoms with E-state index in [1.54, 1.807) is 27.2 Å². The molecule has 0 heterocycles. The number of benzene rings is 1.